The Balaban J connectivity index is 1.74. The Morgan fingerprint density at radius 2 is 2.04 bits per heavy atom. The second-order valence-electron chi connectivity index (χ2n) is 6.66. The van der Waals surface area contributed by atoms with E-state index in [0.29, 0.717) is 11.5 Å². The highest BCUT2D eigenvalue weighted by Crippen LogP contribution is 2.20. The van der Waals surface area contributed by atoms with E-state index in [2.05, 4.69) is 20.0 Å². The van der Waals surface area contributed by atoms with Crippen molar-refractivity contribution in [2.24, 2.45) is 0 Å². The van der Waals surface area contributed by atoms with Crippen LogP contribution in [0.1, 0.15) is 59.9 Å². The largest absolute Gasteiger partial charge is 0.360 e. The van der Waals surface area contributed by atoms with Crippen LogP contribution in [0.2, 0.25) is 0 Å². The molecule has 1 aromatic carbocycles. The number of rotatable bonds is 7. The van der Waals surface area contributed by atoms with Crippen LogP contribution in [-0.4, -0.2) is 20.6 Å². The molecule has 0 saturated carbocycles. The number of aromatic nitrogens is 3. The summed E-state index contributed by atoms with van der Waals surface area (Å²) >= 11 is 0. The molecule has 0 aliphatic rings. The zero-order valence-corrected chi connectivity index (χ0v) is 15.3. The van der Waals surface area contributed by atoms with Gasteiger partial charge in [-0.1, -0.05) is 49.3 Å². The van der Waals surface area contributed by atoms with Gasteiger partial charge in [0.05, 0.1) is 6.04 Å². The van der Waals surface area contributed by atoms with Crippen LogP contribution < -0.4 is 5.32 Å². The first-order chi connectivity index (χ1) is 12.5. The maximum absolute atomic E-state index is 12.6. The highest BCUT2D eigenvalue weighted by atomic mass is 16.5. The molecule has 2 aromatic heterocycles. The molecule has 136 valence electrons. The molecule has 0 radical (unpaired) electrons. The first kappa shape index (κ1) is 17.9. The van der Waals surface area contributed by atoms with Crippen LogP contribution in [-0.2, 0) is 6.54 Å². The molecule has 3 rings (SSSR count). The summed E-state index contributed by atoms with van der Waals surface area (Å²) in [5.74, 6) is 1.64. The number of benzene rings is 1. The van der Waals surface area contributed by atoms with E-state index in [0.717, 1.165) is 24.4 Å². The lowest BCUT2D eigenvalue weighted by molar-refractivity contribution is 0.0924. The molecule has 0 bridgehead atoms. The van der Waals surface area contributed by atoms with E-state index in [9.17, 15) is 4.79 Å². The first-order valence-corrected chi connectivity index (χ1v) is 8.84. The lowest BCUT2D eigenvalue weighted by Gasteiger charge is -2.19. The van der Waals surface area contributed by atoms with Crippen molar-refractivity contribution in [1.29, 1.82) is 0 Å². The molecule has 0 spiro atoms. The third-order valence-electron chi connectivity index (χ3n) is 4.42. The average Bonchev–Trinajstić information content (AvgIpc) is 3.28. The van der Waals surface area contributed by atoms with Gasteiger partial charge in [0.2, 0.25) is 0 Å². The molecule has 0 aliphatic heterocycles. The summed E-state index contributed by atoms with van der Waals surface area (Å²) in [4.78, 5) is 16.9. The van der Waals surface area contributed by atoms with Gasteiger partial charge >= 0.3 is 0 Å². The summed E-state index contributed by atoms with van der Waals surface area (Å²) in [5, 5.41) is 6.99. The number of carbonyl (C=O) groups excluding carboxylic acids is 1. The number of carbonyl (C=O) groups is 1. The Hall–Kier alpha value is -2.89. The number of hydrogen-bond donors (Lipinski definition) is 1. The smallest absolute Gasteiger partial charge is 0.273 e. The van der Waals surface area contributed by atoms with Gasteiger partial charge in [-0.25, -0.2) is 4.98 Å². The molecule has 1 atom stereocenters. The Labute approximate surface area is 153 Å². The van der Waals surface area contributed by atoms with Gasteiger partial charge in [-0.05, 0) is 18.9 Å². The second kappa shape index (κ2) is 7.99. The monoisotopic (exact) mass is 352 g/mol. The van der Waals surface area contributed by atoms with Crippen LogP contribution in [0, 0.1) is 6.92 Å². The number of nitrogens with zero attached hydrogens (tertiary/aromatic N) is 3. The van der Waals surface area contributed by atoms with Gasteiger partial charge < -0.3 is 14.4 Å². The molecule has 2 heterocycles. The van der Waals surface area contributed by atoms with Crippen LogP contribution >= 0.6 is 0 Å². The van der Waals surface area contributed by atoms with Crippen LogP contribution in [0.5, 0.6) is 0 Å². The fraction of sp³-hybridized carbons (Fsp3) is 0.350. The summed E-state index contributed by atoms with van der Waals surface area (Å²) in [6.07, 6.45) is 4.49. The number of imidazole rings is 1. The highest BCUT2D eigenvalue weighted by molar-refractivity contribution is 5.92. The molecule has 6 nitrogen and oxygen atoms in total. The molecule has 26 heavy (non-hydrogen) atoms. The van der Waals surface area contributed by atoms with Gasteiger partial charge in [0.15, 0.2) is 5.69 Å². The number of amides is 1. The molecular formula is C20H24N4O2. The Bertz CT molecular complexity index is 852. The Morgan fingerprint density at radius 3 is 2.65 bits per heavy atom. The topological polar surface area (TPSA) is 73.0 Å². The molecule has 1 unspecified atom stereocenters. The molecule has 0 fully saturated rings. The normalized spacial score (nSPS) is 12.3. The Kier molecular flexibility index (Phi) is 5.51. The second-order valence-corrected chi connectivity index (χ2v) is 6.66. The summed E-state index contributed by atoms with van der Waals surface area (Å²) in [5.41, 5.74) is 1.37. The van der Waals surface area contributed by atoms with E-state index in [4.69, 9.17) is 4.52 Å². The van der Waals surface area contributed by atoms with Crippen molar-refractivity contribution in [2.75, 3.05) is 0 Å². The summed E-state index contributed by atoms with van der Waals surface area (Å²) in [6, 6.07) is 11.6. The van der Waals surface area contributed by atoms with E-state index >= 15 is 0 Å². The fourth-order valence-corrected chi connectivity index (χ4v) is 2.82. The number of hydrogen-bond acceptors (Lipinski definition) is 4. The van der Waals surface area contributed by atoms with Gasteiger partial charge in [-0.15, -0.1) is 0 Å². The zero-order valence-electron chi connectivity index (χ0n) is 15.3. The van der Waals surface area contributed by atoms with Gasteiger partial charge in [0.1, 0.15) is 11.6 Å². The van der Waals surface area contributed by atoms with Gasteiger partial charge in [-0.3, -0.25) is 4.79 Å². The van der Waals surface area contributed by atoms with Crippen molar-refractivity contribution in [3.05, 3.63) is 71.6 Å². The molecule has 0 aliphatic carbocycles. The molecule has 1 amide bonds. The molecule has 1 N–H and O–H groups in total. The standard InChI is InChI=1S/C20H24N4O2/c1-14(2)19-13-18(23-26-19)20(25)22-17(16-7-5-4-6-8-16)9-11-24-12-10-21-15(24)3/h4-8,10,12-14,17H,9,11H2,1-3H3,(H,22,25). The van der Waals surface area contributed by atoms with E-state index in [-0.39, 0.29) is 17.9 Å². The van der Waals surface area contributed by atoms with Crippen molar-refractivity contribution in [2.45, 2.75) is 45.7 Å². The van der Waals surface area contributed by atoms with Crippen molar-refractivity contribution in [3.8, 4) is 0 Å². The van der Waals surface area contributed by atoms with Gasteiger partial charge in [0.25, 0.3) is 5.91 Å². The van der Waals surface area contributed by atoms with Crippen molar-refractivity contribution < 1.29 is 9.32 Å². The minimum absolute atomic E-state index is 0.121. The van der Waals surface area contributed by atoms with E-state index in [1.165, 1.54) is 0 Å². The Morgan fingerprint density at radius 1 is 1.27 bits per heavy atom. The first-order valence-electron chi connectivity index (χ1n) is 8.84. The van der Waals surface area contributed by atoms with Crippen LogP contribution in [0.4, 0.5) is 0 Å². The molecule has 3 aromatic rings. The van der Waals surface area contributed by atoms with Gasteiger partial charge in [-0.2, -0.15) is 0 Å². The minimum atomic E-state index is -0.225. The lowest BCUT2D eigenvalue weighted by Crippen LogP contribution is -2.29. The fourth-order valence-electron chi connectivity index (χ4n) is 2.82. The minimum Gasteiger partial charge on any atom is -0.360 e. The predicted molar refractivity (Wildman–Crippen MR) is 98.8 cm³/mol. The summed E-state index contributed by atoms with van der Waals surface area (Å²) in [6.45, 7) is 6.74. The SMILES string of the molecule is Cc1nccn1CCC(NC(=O)c1cc(C(C)C)on1)c1ccccc1. The molecular weight excluding hydrogens is 328 g/mol. The maximum Gasteiger partial charge on any atom is 0.273 e. The van der Waals surface area contributed by atoms with E-state index in [1.54, 1.807) is 12.3 Å². The van der Waals surface area contributed by atoms with Crippen molar-refractivity contribution >= 4 is 5.91 Å². The maximum atomic E-state index is 12.6. The number of nitrogens with one attached hydrogen (secondary N) is 1. The zero-order chi connectivity index (χ0) is 18.5. The summed E-state index contributed by atoms with van der Waals surface area (Å²) < 4.78 is 7.32. The summed E-state index contributed by atoms with van der Waals surface area (Å²) in [7, 11) is 0. The number of aryl methyl sites for hydroxylation is 2. The van der Waals surface area contributed by atoms with Crippen LogP contribution in [0.3, 0.4) is 0 Å². The van der Waals surface area contributed by atoms with E-state index in [1.807, 2.05) is 57.3 Å². The molecule has 6 heteroatoms. The lowest BCUT2D eigenvalue weighted by atomic mass is 10.0. The van der Waals surface area contributed by atoms with E-state index < -0.39 is 0 Å². The average molecular weight is 352 g/mol. The van der Waals surface area contributed by atoms with Crippen molar-refractivity contribution in [3.63, 3.8) is 0 Å². The quantitative estimate of drug-likeness (QED) is 0.701. The third kappa shape index (κ3) is 4.20. The highest BCUT2D eigenvalue weighted by Gasteiger charge is 2.19. The van der Waals surface area contributed by atoms with Gasteiger partial charge in [0, 0.05) is 30.9 Å². The third-order valence-corrected chi connectivity index (χ3v) is 4.42. The predicted octanol–water partition coefficient (Wildman–Crippen LogP) is 3.86. The molecule has 0 saturated heterocycles. The van der Waals surface area contributed by atoms with Crippen LogP contribution in [0.25, 0.3) is 0 Å². The van der Waals surface area contributed by atoms with Crippen LogP contribution in [0.15, 0.2) is 53.3 Å². The van der Waals surface area contributed by atoms with Crippen molar-refractivity contribution in [1.82, 2.24) is 20.0 Å².